The second-order valence-electron chi connectivity index (χ2n) is 3.57. The van der Waals surface area contributed by atoms with Crippen LogP contribution in [0.25, 0.3) is 0 Å². The minimum Gasteiger partial charge on any atom is -0.330 e. The monoisotopic (exact) mass is 204 g/mol. The molecule has 1 aliphatic heterocycles. The van der Waals surface area contributed by atoms with E-state index in [1.807, 2.05) is 18.2 Å². The Labute approximate surface area is 87.9 Å². The third-order valence-electron chi connectivity index (χ3n) is 2.44. The molecule has 1 fully saturated rings. The summed E-state index contributed by atoms with van der Waals surface area (Å²) in [5.41, 5.74) is 0.820. The van der Waals surface area contributed by atoms with E-state index in [0.29, 0.717) is 19.5 Å². The topological polar surface area (TPSA) is 50.3 Å². The molecule has 1 aliphatic rings. The van der Waals surface area contributed by atoms with Crippen LogP contribution in [0.3, 0.4) is 0 Å². The van der Waals surface area contributed by atoms with E-state index < -0.39 is 0 Å². The smallest absolute Gasteiger partial charge is 0.290 e. The van der Waals surface area contributed by atoms with Gasteiger partial charge in [0, 0.05) is 19.2 Å². The largest absolute Gasteiger partial charge is 0.330 e. The first-order valence-corrected chi connectivity index (χ1v) is 4.99. The number of hydrogen-bond acceptors (Lipinski definition) is 3. The Morgan fingerprint density at radius 3 is 2.93 bits per heavy atom. The molecule has 2 rings (SSSR count). The van der Waals surface area contributed by atoms with Crippen molar-refractivity contribution in [2.75, 3.05) is 6.54 Å². The lowest BCUT2D eigenvalue weighted by molar-refractivity contribution is -0.147. The summed E-state index contributed by atoms with van der Waals surface area (Å²) < 4.78 is 0. The van der Waals surface area contributed by atoms with Gasteiger partial charge >= 0.3 is 0 Å². The zero-order chi connectivity index (χ0) is 10.7. The molecule has 15 heavy (non-hydrogen) atoms. The molecule has 0 unspecified atom stereocenters. The molecule has 0 N–H and O–H groups in total. The fourth-order valence-corrected chi connectivity index (χ4v) is 1.65. The summed E-state index contributed by atoms with van der Waals surface area (Å²) in [7, 11) is 0. The first-order valence-electron chi connectivity index (χ1n) is 4.99. The van der Waals surface area contributed by atoms with Gasteiger partial charge < -0.3 is 4.90 Å². The van der Waals surface area contributed by atoms with Crippen LogP contribution in [0.5, 0.6) is 0 Å². The molecule has 0 saturated carbocycles. The van der Waals surface area contributed by atoms with Crippen molar-refractivity contribution in [1.29, 1.82) is 0 Å². The number of carbonyl (C=O) groups is 2. The summed E-state index contributed by atoms with van der Waals surface area (Å²) in [4.78, 5) is 28.4. The molecule has 0 atom stereocenters. The minimum atomic E-state index is -0.369. The number of pyridine rings is 1. The Hall–Kier alpha value is -1.71. The van der Waals surface area contributed by atoms with E-state index >= 15 is 0 Å². The van der Waals surface area contributed by atoms with Gasteiger partial charge in [-0.1, -0.05) is 6.07 Å². The predicted molar refractivity (Wildman–Crippen MR) is 53.9 cm³/mol. The third-order valence-corrected chi connectivity index (χ3v) is 2.44. The number of ketones is 1. The molecule has 1 saturated heterocycles. The lowest BCUT2D eigenvalue weighted by Gasteiger charge is -2.25. The van der Waals surface area contributed by atoms with E-state index in [4.69, 9.17) is 0 Å². The van der Waals surface area contributed by atoms with Crippen LogP contribution in [0.1, 0.15) is 18.5 Å². The van der Waals surface area contributed by atoms with Crippen LogP contribution in [-0.4, -0.2) is 28.1 Å². The highest BCUT2D eigenvalue weighted by Gasteiger charge is 2.26. The van der Waals surface area contributed by atoms with Gasteiger partial charge in [0.1, 0.15) is 0 Å². The SMILES string of the molecule is O=C1CCCN(Cc2ccccn2)C1=O. The van der Waals surface area contributed by atoms with Crippen molar-refractivity contribution in [3.63, 3.8) is 0 Å². The zero-order valence-electron chi connectivity index (χ0n) is 8.35. The lowest BCUT2D eigenvalue weighted by atomic mass is 10.1. The first kappa shape index (κ1) is 9.83. The van der Waals surface area contributed by atoms with Crippen molar-refractivity contribution < 1.29 is 9.59 Å². The second-order valence-corrected chi connectivity index (χ2v) is 3.57. The van der Waals surface area contributed by atoms with Crippen LogP contribution in [0.15, 0.2) is 24.4 Å². The van der Waals surface area contributed by atoms with E-state index in [1.54, 1.807) is 11.1 Å². The highest BCUT2D eigenvalue weighted by Crippen LogP contribution is 2.10. The molecular formula is C11H12N2O2. The zero-order valence-corrected chi connectivity index (χ0v) is 8.35. The number of piperidine rings is 1. The number of carbonyl (C=O) groups excluding carboxylic acids is 2. The molecule has 0 radical (unpaired) electrons. The Morgan fingerprint density at radius 1 is 1.33 bits per heavy atom. The number of hydrogen-bond donors (Lipinski definition) is 0. The lowest BCUT2D eigenvalue weighted by Crippen LogP contribution is -2.41. The normalized spacial score (nSPS) is 16.9. The summed E-state index contributed by atoms with van der Waals surface area (Å²) >= 11 is 0. The predicted octanol–water partition coefficient (Wildman–Crippen LogP) is 0.773. The van der Waals surface area contributed by atoms with Crippen molar-refractivity contribution in [3.8, 4) is 0 Å². The van der Waals surface area contributed by atoms with Gasteiger partial charge in [0.05, 0.1) is 12.2 Å². The van der Waals surface area contributed by atoms with E-state index in [0.717, 1.165) is 12.1 Å². The average Bonchev–Trinajstić information content (AvgIpc) is 2.26. The quantitative estimate of drug-likeness (QED) is 0.669. The molecule has 2 heterocycles. The van der Waals surface area contributed by atoms with Gasteiger partial charge in [-0.15, -0.1) is 0 Å². The van der Waals surface area contributed by atoms with Crippen molar-refractivity contribution in [2.24, 2.45) is 0 Å². The van der Waals surface area contributed by atoms with Gasteiger partial charge in [-0.05, 0) is 18.6 Å². The summed E-state index contributed by atoms with van der Waals surface area (Å²) in [5.74, 6) is -0.649. The van der Waals surface area contributed by atoms with Crippen LogP contribution in [-0.2, 0) is 16.1 Å². The number of aromatic nitrogens is 1. The molecule has 4 heteroatoms. The van der Waals surface area contributed by atoms with Crippen molar-refractivity contribution in [1.82, 2.24) is 9.88 Å². The number of likely N-dealkylation sites (tertiary alicyclic amines) is 1. The van der Waals surface area contributed by atoms with Gasteiger partial charge in [-0.2, -0.15) is 0 Å². The summed E-state index contributed by atoms with van der Waals surface area (Å²) in [6.45, 7) is 1.09. The van der Waals surface area contributed by atoms with Crippen molar-refractivity contribution >= 4 is 11.7 Å². The van der Waals surface area contributed by atoms with E-state index in [-0.39, 0.29) is 11.7 Å². The standard InChI is InChI=1S/C11H12N2O2/c14-10-5-3-7-13(11(10)15)8-9-4-1-2-6-12-9/h1-2,4,6H,3,5,7-8H2. The highest BCUT2D eigenvalue weighted by atomic mass is 16.2. The Balaban J connectivity index is 2.06. The molecule has 1 aromatic rings. The summed E-state index contributed by atoms with van der Waals surface area (Å²) in [6.07, 6.45) is 2.83. The second kappa shape index (κ2) is 4.21. The maximum absolute atomic E-state index is 11.5. The van der Waals surface area contributed by atoms with Gasteiger partial charge in [0.2, 0.25) is 5.78 Å². The number of Topliss-reactive ketones (excluding diaryl/α,β-unsaturated/α-hetero) is 1. The molecule has 0 bridgehead atoms. The number of amides is 1. The molecule has 0 aromatic carbocycles. The van der Waals surface area contributed by atoms with Gasteiger partial charge in [0.25, 0.3) is 5.91 Å². The Kier molecular flexibility index (Phi) is 2.76. The average molecular weight is 204 g/mol. The fourth-order valence-electron chi connectivity index (χ4n) is 1.65. The van der Waals surface area contributed by atoms with E-state index in [1.165, 1.54) is 0 Å². The maximum Gasteiger partial charge on any atom is 0.290 e. The highest BCUT2D eigenvalue weighted by molar-refractivity contribution is 6.36. The molecule has 1 amide bonds. The fraction of sp³-hybridized carbons (Fsp3) is 0.364. The van der Waals surface area contributed by atoms with Crippen molar-refractivity contribution in [3.05, 3.63) is 30.1 Å². The maximum atomic E-state index is 11.5. The van der Waals surface area contributed by atoms with Crippen LogP contribution in [0.2, 0.25) is 0 Å². The molecular weight excluding hydrogens is 192 g/mol. The molecule has 78 valence electrons. The molecule has 4 nitrogen and oxygen atoms in total. The van der Waals surface area contributed by atoms with Crippen LogP contribution in [0, 0.1) is 0 Å². The first-order chi connectivity index (χ1) is 7.27. The van der Waals surface area contributed by atoms with Gasteiger partial charge in [-0.25, -0.2) is 0 Å². The molecule has 0 spiro atoms. The number of nitrogens with zero attached hydrogens (tertiary/aromatic N) is 2. The number of rotatable bonds is 2. The van der Waals surface area contributed by atoms with E-state index in [2.05, 4.69) is 4.98 Å². The Morgan fingerprint density at radius 2 is 2.20 bits per heavy atom. The van der Waals surface area contributed by atoms with E-state index in [9.17, 15) is 9.59 Å². The van der Waals surface area contributed by atoms with Crippen molar-refractivity contribution in [2.45, 2.75) is 19.4 Å². The van der Waals surface area contributed by atoms with Gasteiger partial charge in [-0.3, -0.25) is 14.6 Å². The summed E-state index contributed by atoms with van der Waals surface area (Å²) in [6, 6.07) is 5.55. The Bertz CT molecular complexity index is 375. The third kappa shape index (κ3) is 2.21. The van der Waals surface area contributed by atoms with Gasteiger partial charge in [0.15, 0.2) is 0 Å². The summed E-state index contributed by atoms with van der Waals surface area (Å²) in [5, 5.41) is 0. The van der Waals surface area contributed by atoms with Crippen LogP contribution in [0.4, 0.5) is 0 Å². The van der Waals surface area contributed by atoms with Crippen LogP contribution < -0.4 is 0 Å². The minimum absolute atomic E-state index is 0.280. The molecule has 0 aliphatic carbocycles. The molecule has 1 aromatic heterocycles. The van der Waals surface area contributed by atoms with Crippen LogP contribution >= 0.6 is 0 Å².